The molecule has 0 aliphatic rings. The lowest BCUT2D eigenvalue weighted by molar-refractivity contribution is 0.409. The summed E-state index contributed by atoms with van der Waals surface area (Å²) in [6, 6.07) is 10.3. The van der Waals surface area contributed by atoms with Gasteiger partial charge in [0.2, 0.25) is 0 Å². The summed E-state index contributed by atoms with van der Waals surface area (Å²) in [6.07, 6.45) is 0.849. The van der Waals surface area contributed by atoms with Gasteiger partial charge in [0.05, 0.1) is 5.69 Å². The quantitative estimate of drug-likeness (QED) is 0.906. The van der Waals surface area contributed by atoms with E-state index in [1.54, 1.807) is 0 Å². The largest absolute Gasteiger partial charge is 0.373 e. The minimum Gasteiger partial charge on any atom is -0.373 e. The van der Waals surface area contributed by atoms with E-state index in [0.29, 0.717) is 0 Å². The Labute approximate surface area is 120 Å². The zero-order valence-corrected chi connectivity index (χ0v) is 12.6. The molecule has 0 radical (unpaired) electrons. The molecule has 0 bridgehead atoms. The summed E-state index contributed by atoms with van der Waals surface area (Å²) in [5, 5.41) is 3.17. The highest BCUT2D eigenvalue weighted by Crippen LogP contribution is 2.25. The van der Waals surface area contributed by atoms with Gasteiger partial charge in [0.15, 0.2) is 0 Å². The number of hydrogen-bond acceptors (Lipinski definition) is 4. The lowest BCUT2D eigenvalue weighted by atomic mass is 10.1. The molecule has 1 aromatic carbocycles. The van der Waals surface area contributed by atoms with Gasteiger partial charge in [0.1, 0.15) is 11.6 Å². The molecule has 0 unspecified atom stereocenters. The molecule has 1 aromatic heterocycles. The van der Waals surface area contributed by atoms with E-state index in [2.05, 4.69) is 48.4 Å². The summed E-state index contributed by atoms with van der Waals surface area (Å²) in [4.78, 5) is 11.5. The Morgan fingerprint density at radius 2 is 1.80 bits per heavy atom. The van der Waals surface area contributed by atoms with Gasteiger partial charge >= 0.3 is 0 Å². The molecule has 1 N–H and O–H groups in total. The van der Waals surface area contributed by atoms with Crippen molar-refractivity contribution in [3.05, 3.63) is 41.7 Å². The standard InChI is InChI=1S/C16H22N4/c1-12-15(13-8-6-5-7-9-13)18-14(10-11-20(3)4)19-16(12)17-2/h5-9H,10-11H2,1-4H3,(H,17,18,19). The zero-order valence-electron chi connectivity index (χ0n) is 12.6. The summed E-state index contributed by atoms with van der Waals surface area (Å²) >= 11 is 0. The van der Waals surface area contributed by atoms with E-state index >= 15 is 0 Å². The molecule has 20 heavy (non-hydrogen) atoms. The van der Waals surface area contributed by atoms with E-state index in [-0.39, 0.29) is 0 Å². The normalized spacial score (nSPS) is 10.8. The third-order valence-corrected chi connectivity index (χ3v) is 3.26. The molecule has 0 aliphatic heterocycles. The van der Waals surface area contributed by atoms with Crippen LogP contribution in [0, 0.1) is 6.92 Å². The summed E-state index contributed by atoms with van der Waals surface area (Å²) in [6.45, 7) is 3.00. The van der Waals surface area contributed by atoms with Crippen molar-refractivity contribution in [1.29, 1.82) is 0 Å². The van der Waals surface area contributed by atoms with Crippen LogP contribution in [-0.2, 0) is 6.42 Å². The predicted octanol–water partition coefficient (Wildman–Crippen LogP) is 2.60. The second-order valence-electron chi connectivity index (χ2n) is 5.13. The summed E-state index contributed by atoms with van der Waals surface area (Å²) < 4.78 is 0. The Morgan fingerprint density at radius 3 is 2.40 bits per heavy atom. The minimum absolute atomic E-state index is 0.849. The first-order valence-corrected chi connectivity index (χ1v) is 6.87. The maximum atomic E-state index is 4.75. The average molecular weight is 270 g/mol. The first kappa shape index (κ1) is 14.5. The van der Waals surface area contributed by atoms with Gasteiger partial charge in [-0.3, -0.25) is 0 Å². The Hall–Kier alpha value is -1.94. The minimum atomic E-state index is 0.849. The van der Waals surface area contributed by atoms with Crippen molar-refractivity contribution in [3.63, 3.8) is 0 Å². The number of hydrogen-bond donors (Lipinski definition) is 1. The van der Waals surface area contributed by atoms with Crippen molar-refractivity contribution < 1.29 is 0 Å². The Balaban J connectivity index is 2.42. The fourth-order valence-electron chi connectivity index (χ4n) is 2.12. The summed E-state index contributed by atoms with van der Waals surface area (Å²) in [5.74, 6) is 1.79. The molecule has 0 amide bonds. The van der Waals surface area contributed by atoms with Gasteiger partial charge in [-0.1, -0.05) is 30.3 Å². The van der Waals surface area contributed by atoms with Crippen LogP contribution in [0.1, 0.15) is 11.4 Å². The van der Waals surface area contributed by atoms with Gasteiger partial charge < -0.3 is 10.2 Å². The smallest absolute Gasteiger partial charge is 0.133 e. The maximum Gasteiger partial charge on any atom is 0.133 e. The highest BCUT2D eigenvalue weighted by molar-refractivity contribution is 5.67. The van der Waals surface area contributed by atoms with Crippen molar-refractivity contribution in [3.8, 4) is 11.3 Å². The lowest BCUT2D eigenvalue weighted by Gasteiger charge is -2.14. The van der Waals surface area contributed by atoms with Crippen LogP contribution in [0.25, 0.3) is 11.3 Å². The van der Waals surface area contributed by atoms with Crippen LogP contribution in [0.4, 0.5) is 5.82 Å². The molecule has 0 saturated carbocycles. The van der Waals surface area contributed by atoms with E-state index in [1.807, 2.05) is 25.2 Å². The molecule has 4 heteroatoms. The first-order valence-electron chi connectivity index (χ1n) is 6.87. The van der Waals surface area contributed by atoms with Crippen molar-refractivity contribution in [2.75, 3.05) is 33.0 Å². The van der Waals surface area contributed by atoms with Crippen molar-refractivity contribution in [2.45, 2.75) is 13.3 Å². The molecule has 0 aliphatic carbocycles. The highest BCUT2D eigenvalue weighted by atomic mass is 15.1. The third-order valence-electron chi connectivity index (χ3n) is 3.26. The molecule has 0 saturated heterocycles. The molecular weight excluding hydrogens is 248 g/mol. The fourth-order valence-corrected chi connectivity index (χ4v) is 2.12. The van der Waals surface area contributed by atoms with E-state index in [1.165, 1.54) is 0 Å². The molecule has 4 nitrogen and oxygen atoms in total. The molecule has 2 aromatic rings. The number of benzene rings is 1. The van der Waals surface area contributed by atoms with Crippen LogP contribution in [0.15, 0.2) is 30.3 Å². The van der Waals surface area contributed by atoms with Gasteiger partial charge in [0.25, 0.3) is 0 Å². The highest BCUT2D eigenvalue weighted by Gasteiger charge is 2.11. The van der Waals surface area contributed by atoms with E-state index in [9.17, 15) is 0 Å². The van der Waals surface area contributed by atoms with E-state index in [0.717, 1.165) is 41.4 Å². The fraction of sp³-hybridized carbons (Fsp3) is 0.375. The predicted molar refractivity (Wildman–Crippen MR) is 84.0 cm³/mol. The van der Waals surface area contributed by atoms with Crippen LogP contribution in [-0.4, -0.2) is 42.6 Å². The number of nitrogens with one attached hydrogen (secondary N) is 1. The SMILES string of the molecule is CNc1nc(CCN(C)C)nc(-c2ccccc2)c1C. The van der Waals surface area contributed by atoms with E-state index in [4.69, 9.17) is 4.98 Å². The van der Waals surface area contributed by atoms with Gasteiger partial charge in [0, 0.05) is 31.1 Å². The van der Waals surface area contributed by atoms with Crippen LogP contribution in [0.2, 0.25) is 0 Å². The second kappa shape index (κ2) is 6.48. The summed E-state index contributed by atoms with van der Waals surface area (Å²) in [7, 11) is 6.02. The second-order valence-corrected chi connectivity index (χ2v) is 5.13. The maximum absolute atomic E-state index is 4.75. The monoisotopic (exact) mass is 270 g/mol. The molecule has 106 valence electrons. The van der Waals surface area contributed by atoms with Crippen molar-refractivity contribution >= 4 is 5.82 Å². The summed E-state index contributed by atoms with van der Waals surface area (Å²) in [5.41, 5.74) is 3.24. The Bertz CT molecular complexity index is 564. The van der Waals surface area contributed by atoms with Gasteiger partial charge in [-0.2, -0.15) is 0 Å². The number of anilines is 1. The van der Waals surface area contributed by atoms with Crippen LogP contribution in [0.3, 0.4) is 0 Å². The third kappa shape index (κ3) is 3.33. The number of nitrogens with zero attached hydrogens (tertiary/aromatic N) is 3. The number of rotatable bonds is 5. The lowest BCUT2D eigenvalue weighted by Crippen LogP contribution is -2.17. The Morgan fingerprint density at radius 1 is 1.10 bits per heavy atom. The molecule has 2 rings (SSSR count). The van der Waals surface area contributed by atoms with Gasteiger partial charge in [-0.25, -0.2) is 9.97 Å². The molecule has 0 spiro atoms. The Kier molecular flexibility index (Phi) is 4.69. The first-order chi connectivity index (χ1) is 9.61. The van der Waals surface area contributed by atoms with Gasteiger partial charge in [-0.05, 0) is 21.0 Å². The van der Waals surface area contributed by atoms with Crippen LogP contribution < -0.4 is 5.32 Å². The topological polar surface area (TPSA) is 41.1 Å². The number of aromatic nitrogens is 2. The zero-order chi connectivity index (χ0) is 14.5. The molecule has 1 heterocycles. The average Bonchev–Trinajstić information content (AvgIpc) is 2.47. The molecule has 0 atom stereocenters. The number of likely N-dealkylation sites (N-methyl/N-ethyl adjacent to an activating group) is 1. The van der Waals surface area contributed by atoms with Gasteiger partial charge in [-0.15, -0.1) is 0 Å². The van der Waals surface area contributed by atoms with Crippen molar-refractivity contribution in [1.82, 2.24) is 14.9 Å². The van der Waals surface area contributed by atoms with E-state index < -0.39 is 0 Å². The van der Waals surface area contributed by atoms with Crippen LogP contribution >= 0.6 is 0 Å². The van der Waals surface area contributed by atoms with Crippen LogP contribution in [0.5, 0.6) is 0 Å². The molecular formula is C16H22N4. The van der Waals surface area contributed by atoms with Crippen molar-refractivity contribution in [2.24, 2.45) is 0 Å². The molecule has 0 fully saturated rings.